The number of hydrogen-bond acceptors (Lipinski definition) is 5. The molecular formula is C17H16ClN5. The average molecular weight is 326 g/mol. The SMILES string of the molecule is Cc1ccc(Nc2cnnc(Nc3ccccc3Cl)n2)cc1C. The summed E-state index contributed by atoms with van der Waals surface area (Å²) in [4.78, 5) is 4.40. The summed E-state index contributed by atoms with van der Waals surface area (Å²) in [6.07, 6.45) is 1.58. The number of para-hydroxylation sites is 1. The minimum atomic E-state index is 0.381. The summed E-state index contributed by atoms with van der Waals surface area (Å²) in [5.74, 6) is 0.991. The van der Waals surface area contributed by atoms with Crippen LogP contribution in [0.4, 0.5) is 23.1 Å². The van der Waals surface area contributed by atoms with Crippen molar-refractivity contribution in [3.05, 3.63) is 64.8 Å². The van der Waals surface area contributed by atoms with Gasteiger partial charge in [0.2, 0.25) is 5.95 Å². The van der Waals surface area contributed by atoms with Crippen LogP contribution < -0.4 is 10.6 Å². The number of rotatable bonds is 4. The Labute approximate surface area is 139 Å². The van der Waals surface area contributed by atoms with Gasteiger partial charge in [0.15, 0.2) is 5.82 Å². The fourth-order valence-corrected chi connectivity index (χ4v) is 2.25. The van der Waals surface area contributed by atoms with E-state index in [9.17, 15) is 0 Å². The molecule has 2 N–H and O–H groups in total. The molecule has 0 saturated carbocycles. The van der Waals surface area contributed by atoms with E-state index in [4.69, 9.17) is 11.6 Å². The maximum atomic E-state index is 6.12. The minimum absolute atomic E-state index is 0.381. The fourth-order valence-electron chi connectivity index (χ4n) is 2.07. The first-order valence-electron chi connectivity index (χ1n) is 7.17. The van der Waals surface area contributed by atoms with Crippen LogP contribution >= 0.6 is 11.6 Å². The molecule has 2 aromatic carbocycles. The number of nitrogens with zero attached hydrogens (tertiary/aromatic N) is 3. The van der Waals surface area contributed by atoms with Gasteiger partial charge in [-0.05, 0) is 49.2 Å². The Morgan fingerprint density at radius 2 is 1.78 bits per heavy atom. The number of anilines is 4. The third-order valence-corrected chi connectivity index (χ3v) is 3.79. The van der Waals surface area contributed by atoms with Gasteiger partial charge in [-0.3, -0.25) is 0 Å². The minimum Gasteiger partial charge on any atom is -0.339 e. The highest BCUT2D eigenvalue weighted by Crippen LogP contribution is 2.24. The van der Waals surface area contributed by atoms with Crippen molar-refractivity contribution >= 4 is 34.7 Å². The van der Waals surface area contributed by atoms with Gasteiger partial charge in [0.05, 0.1) is 16.9 Å². The maximum Gasteiger partial charge on any atom is 0.249 e. The van der Waals surface area contributed by atoms with Crippen molar-refractivity contribution in [2.75, 3.05) is 10.6 Å². The molecule has 3 aromatic rings. The van der Waals surface area contributed by atoms with Crippen molar-refractivity contribution in [3.63, 3.8) is 0 Å². The molecule has 0 aliphatic carbocycles. The third-order valence-electron chi connectivity index (χ3n) is 3.46. The molecule has 0 fully saturated rings. The van der Waals surface area contributed by atoms with Crippen LogP contribution in [0, 0.1) is 13.8 Å². The van der Waals surface area contributed by atoms with Crippen LogP contribution in [0.5, 0.6) is 0 Å². The highest BCUT2D eigenvalue weighted by molar-refractivity contribution is 6.33. The van der Waals surface area contributed by atoms with Gasteiger partial charge in [-0.1, -0.05) is 29.8 Å². The summed E-state index contributed by atoms with van der Waals surface area (Å²) < 4.78 is 0. The Kier molecular flexibility index (Phi) is 4.39. The Hall–Kier alpha value is -2.66. The van der Waals surface area contributed by atoms with Crippen molar-refractivity contribution < 1.29 is 0 Å². The van der Waals surface area contributed by atoms with E-state index in [0.717, 1.165) is 11.4 Å². The van der Waals surface area contributed by atoms with Crippen LogP contribution in [-0.4, -0.2) is 15.2 Å². The normalized spacial score (nSPS) is 10.4. The van der Waals surface area contributed by atoms with E-state index in [1.807, 2.05) is 24.3 Å². The molecular weight excluding hydrogens is 310 g/mol. The molecule has 3 rings (SSSR count). The zero-order valence-electron chi connectivity index (χ0n) is 12.8. The Morgan fingerprint density at radius 1 is 0.957 bits per heavy atom. The summed E-state index contributed by atoms with van der Waals surface area (Å²) in [6.45, 7) is 4.15. The van der Waals surface area contributed by atoms with Gasteiger partial charge < -0.3 is 10.6 Å². The van der Waals surface area contributed by atoms with Gasteiger partial charge >= 0.3 is 0 Å². The summed E-state index contributed by atoms with van der Waals surface area (Å²) in [6, 6.07) is 13.5. The predicted molar refractivity (Wildman–Crippen MR) is 93.8 cm³/mol. The van der Waals surface area contributed by atoms with Crippen LogP contribution in [0.15, 0.2) is 48.7 Å². The lowest BCUT2D eigenvalue weighted by molar-refractivity contribution is 0.982. The van der Waals surface area contributed by atoms with Gasteiger partial charge in [0.1, 0.15) is 0 Å². The van der Waals surface area contributed by atoms with Crippen LogP contribution in [0.25, 0.3) is 0 Å². The first kappa shape index (κ1) is 15.2. The largest absolute Gasteiger partial charge is 0.339 e. The zero-order chi connectivity index (χ0) is 16.2. The standard InChI is InChI=1S/C17H16ClN5/c1-11-7-8-13(9-12(11)2)20-16-10-19-23-17(22-16)21-15-6-4-3-5-14(15)18/h3-10H,1-2H3,(H2,20,21,22,23). The highest BCUT2D eigenvalue weighted by Gasteiger charge is 2.05. The molecule has 6 heteroatoms. The summed E-state index contributed by atoms with van der Waals surface area (Å²) in [7, 11) is 0. The monoisotopic (exact) mass is 325 g/mol. The Bertz CT molecular complexity index is 835. The van der Waals surface area contributed by atoms with E-state index in [1.54, 1.807) is 12.3 Å². The lowest BCUT2D eigenvalue weighted by atomic mass is 10.1. The van der Waals surface area contributed by atoms with E-state index < -0.39 is 0 Å². The number of nitrogens with one attached hydrogen (secondary N) is 2. The average Bonchev–Trinajstić information content (AvgIpc) is 2.54. The van der Waals surface area contributed by atoms with Gasteiger partial charge in [0.25, 0.3) is 0 Å². The molecule has 0 radical (unpaired) electrons. The highest BCUT2D eigenvalue weighted by atomic mass is 35.5. The second kappa shape index (κ2) is 6.62. The molecule has 116 valence electrons. The van der Waals surface area contributed by atoms with Crippen molar-refractivity contribution in [1.82, 2.24) is 15.2 Å². The van der Waals surface area contributed by atoms with Crippen molar-refractivity contribution in [2.24, 2.45) is 0 Å². The first-order chi connectivity index (χ1) is 11.1. The summed E-state index contributed by atoms with van der Waals surface area (Å²) in [5.41, 5.74) is 4.15. The molecule has 1 aromatic heterocycles. The molecule has 0 saturated heterocycles. The van der Waals surface area contributed by atoms with Crippen LogP contribution in [0.3, 0.4) is 0 Å². The molecule has 0 aliphatic heterocycles. The van der Waals surface area contributed by atoms with Gasteiger partial charge in [-0.25, -0.2) is 0 Å². The number of halogens is 1. The lowest BCUT2D eigenvalue weighted by Crippen LogP contribution is -2.02. The number of aryl methyl sites for hydroxylation is 2. The number of hydrogen-bond donors (Lipinski definition) is 2. The number of aromatic nitrogens is 3. The second-order valence-electron chi connectivity index (χ2n) is 5.19. The molecule has 0 unspecified atom stereocenters. The van der Waals surface area contributed by atoms with E-state index in [2.05, 4.69) is 51.8 Å². The Balaban J connectivity index is 1.79. The maximum absolute atomic E-state index is 6.12. The lowest BCUT2D eigenvalue weighted by Gasteiger charge is -2.09. The van der Waals surface area contributed by atoms with Crippen LogP contribution in [0.1, 0.15) is 11.1 Å². The molecule has 0 bridgehead atoms. The Morgan fingerprint density at radius 3 is 2.57 bits per heavy atom. The predicted octanol–water partition coefficient (Wildman–Crippen LogP) is 4.63. The molecule has 0 aliphatic rings. The van der Waals surface area contributed by atoms with Gasteiger partial charge in [-0.15, -0.1) is 5.10 Å². The second-order valence-corrected chi connectivity index (χ2v) is 5.60. The zero-order valence-corrected chi connectivity index (χ0v) is 13.6. The molecule has 0 spiro atoms. The molecule has 0 atom stereocenters. The molecule has 1 heterocycles. The smallest absolute Gasteiger partial charge is 0.249 e. The first-order valence-corrected chi connectivity index (χ1v) is 7.55. The van der Waals surface area contributed by atoms with E-state index in [-0.39, 0.29) is 0 Å². The van der Waals surface area contributed by atoms with E-state index in [0.29, 0.717) is 16.8 Å². The van der Waals surface area contributed by atoms with E-state index >= 15 is 0 Å². The van der Waals surface area contributed by atoms with Crippen molar-refractivity contribution in [3.8, 4) is 0 Å². The van der Waals surface area contributed by atoms with Gasteiger partial charge in [0, 0.05) is 5.69 Å². The third kappa shape index (κ3) is 3.76. The van der Waals surface area contributed by atoms with Crippen LogP contribution in [-0.2, 0) is 0 Å². The summed E-state index contributed by atoms with van der Waals surface area (Å²) >= 11 is 6.12. The fraction of sp³-hybridized carbons (Fsp3) is 0.118. The van der Waals surface area contributed by atoms with Gasteiger partial charge in [-0.2, -0.15) is 10.1 Å². The quantitative estimate of drug-likeness (QED) is 0.732. The van der Waals surface area contributed by atoms with E-state index in [1.165, 1.54) is 11.1 Å². The summed E-state index contributed by atoms with van der Waals surface area (Å²) in [5, 5.41) is 14.8. The topological polar surface area (TPSA) is 62.7 Å². The number of benzene rings is 2. The van der Waals surface area contributed by atoms with Crippen molar-refractivity contribution in [1.29, 1.82) is 0 Å². The van der Waals surface area contributed by atoms with Crippen LogP contribution in [0.2, 0.25) is 5.02 Å². The molecule has 5 nitrogen and oxygen atoms in total. The van der Waals surface area contributed by atoms with Crippen molar-refractivity contribution in [2.45, 2.75) is 13.8 Å². The molecule has 23 heavy (non-hydrogen) atoms. The molecule has 0 amide bonds.